The number of benzene rings is 1. The molecule has 1 aromatic carbocycles. The monoisotopic (exact) mass is 336 g/mol. The molecule has 1 aromatic rings. The van der Waals surface area contributed by atoms with Gasteiger partial charge in [0.2, 0.25) is 0 Å². The van der Waals surface area contributed by atoms with Gasteiger partial charge in [-0.05, 0) is 31.7 Å². The second kappa shape index (κ2) is 5.85. The summed E-state index contributed by atoms with van der Waals surface area (Å²) in [5.74, 6) is -0.851. The third-order valence-corrected chi connectivity index (χ3v) is 4.70. The fourth-order valence-corrected chi connectivity index (χ4v) is 2.94. The van der Waals surface area contributed by atoms with Gasteiger partial charge in [0.1, 0.15) is 18.7 Å². The van der Waals surface area contributed by atoms with Gasteiger partial charge in [-0.1, -0.05) is 29.8 Å². The third-order valence-electron chi connectivity index (χ3n) is 4.33. The van der Waals surface area contributed by atoms with E-state index in [1.54, 1.807) is 31.2 Å². The highest BCUT2D eigenvalue weighted by atomic mass is 35.5. The number of nitrogens with zero attached hydrogens (tertiary/aromatic N) is 1. The summed E-state index contributed by atoms with van der Waals surface area (Å²) >= 11 is 5.98. The third kappa shape index (κ3) is 3.03. The van der Waals surface area contributed by atoms with Gasteiger partial charge in [-0.15, -0.1) is 0 Å². The second-order valence-corrected chi connectivity index (χ2v) is 6.46. The van der Waals surface area contributed by atoms with Crippen molar-refractivity contribution in [1.29, 1.82) is 0 Å². The maximum absolute atomic E-state index is 12.4. The number of halogens is 1. The van der Waals surface area contributed by atoms with Gasteiger partial charge in [0.15, 0.2) is 0 Å². The topological polar surface area (TPSA) is 75.7 Å². The molecular formula is C16H17ClN2O4. The molecule has 0 spiro atoms. The zero-order valence-electron chi connectivity index (χ0n) is 12.7. The molecule has 3 amide bonds. The van der Waals surface area contributed by atoms with Crippen LogP contribution >= 0.6 is 11.6 Å². The molecule has 1 saturated heterocycles. The molecule has 2 fully saturated rings. The SMILES string of the molecule is CC1(C2CC2)NC(=O)N(CC(=O)OCc2ccccc2Cl)C1=O. The Hall–Kier alpha value is -2.08. The van der Waals surface area contributed by atoms with Crippen molar-refractivity contribution in [3.63, 3.8) is 0 Å². The lowest BCUT2D eigenvalue weighted by Crippen LogP contribution is -2.46. The Kier molecular flexibility index (Phi) is 4.02. The van der Waals surface area contributed by atoms with Crippen molar-refractivity contribution in [3.05, 3.63) is 34.9 Å². The normalized spacial score (nSPS) is 23.8. The van der Waals surface area contributed by atoms with Gasteiger partial charge in [0.25, 0.3) is 5.91 Å². The van der Waals surface area contributed by atoms with Gasteiger partial charge in [-0.3, -0.25) is 14.5 Å². The van der Waals surface area contributed by atoms with E-state index in [2.05, 4.69) is 5.32 Å². The van der Waals surface area contributed by atoms with Crippen molar-refractivity contribution in [2.24, 2.45) is 5.92 Å². The summed E-state index contributed by atoms with van der Waals surface area (Å²) in [6.45, 7) is 1.32. The van der Waals surface area contributed by atoms with E-state index in [4.69, 9.17) is 16.3 Å². The van der Waals surface area contributed by atoms with E-state index >= 15 is 0 Å². The molecule has 0 aromatic heterocycles. The van der Waals surface area contributed by atoms with Crippen LogP contribution in [0.4, 0.5) is 4.79 Å². The molecule has 1 unspecified atom stereocenters. The summed E-state index contributed by atoms with van der Waals surface area (Å²) in [6.07, 6.45) is 1.82. The first-order chi connectivity index (χ1) is 10.9. The number of hydrogen-bond acceptors (Lipinski definition) is 4. The number of ether oxygens (including phenoxy) is 1. The molecule has 23 heavy (non-hydrogen) atoms. The molecule has 1 aliphatic carbocycles. The summed E-state index contributed by atoms with van der Waals surface area (Å²) in [4.78, 5) is 37.2. The number of nitrogens with one attached hydrogen (secondary N) is 1. The minimum Gasteiger partial charge on any atom is -0.459 e. The molecule has 1 saturated carbocycles. The van der Waals surface area contributed by atoms with Crippen LogP contribution in [-0.4, -0.2) is 34.9 Å². The van der Waals surface area contributed by atoms with E-state index in [9.17, 15) is 14.4 Å². The zero-order valence-corrected chi connectivity index (χ0v) is 13.4. The van der Waals surface area contributed by atoms with Crippen LogP contribution in [0.1, 0.15) is 25.3 Å². The number of carbonyl (C=O) groups excluding carboxylic acids is 3. The van der Waals surface area contributed by atoms with Crippen LogP contribution in [0.2, 0.25) is 5.02 Å². The van der Waals surface area contributed by atoms with E-state index in [0.29, 0.717) is 10.6 Å². The lowest BCUT2D eigenvalue weighted by Gasteiger charge is -2.20. The van der Waals surface area contributed by atoms with Crippen LogP contribution in [0.3, 0.4) is 0 Å². The number of urea groups is 1. The summed E-state index contributed by atoms with van der Waals surface area (Å²) in [5.41, 5.74) is -0.220. The van der Waals surface area contributed by atoms with Crippen molar-refractivity contribution < 1.29 is 19.1 Å². The lowest BCUT2D eigenvalue weighted by atomic mass is 9.96. The van der Waals surface area contributed by atoms with Crippen molar-refractivity contribution in [1.82, 2.24) is 10.2 Å². The largest absolute Gasteiger partial charge is 0.459 e. The predicted molar refractivity (Wildman–Crippen MR) is 82.6 cm³/mol. The summed E-state index contributed by atoms with van der Waals surface area (Å²) in [5, 5.41) is 3.19. The molecule has 0 bridgehead atoms. The van der Waals surface area contributed by atoms with E-state index in [0.717, 1.165) is 17.7 Å². The first-order valence-corrected chi connectivity index (χ1v) is 7.83. The molecule has 6 nitrogen and oxygen atoms in total. The Labute approximate surface area is 138 Å². The number of rotatable bonds is 5. The summed E-state index contributed by atoms with van der Waals surface area (Å²) in [6, 6.07) is 6.46. The molecule has 2 aliphatic rings. The number of imide groups is 1. The fourth-order valence-electron chi connectivity index (χ4n) is 2.75. The molecule has 1 atom stereocenters. The summed E-state index contributed by atoms with van der Waals surface area (Å²) < 4.78 is 5.11. The lowest BCUT2D eigenvalue weighted by molar-refractivity contribution is -0.148. The van der Waals surface area contributed by atoms with E-state index in [-0.39, 0.29) is 18.4 Å². The van der Waals surface area contributed by atoms with E-state index < -0.39 is 24.1 Å². The first kappa shape index (κ1) is 15.8. The van der Waals surface area contributed by atoms with Gasteiger partial charge >= 0.3 is 12.0 Å². The number of amides is 3. The van der Waals surface area contributed by atoms with Crippen LogP contribution < -0.4 is 5.32 Å². The number of hydrogen-bond donors (Lipinski definition) is 1. The first-order valence-electron chi connectivity index (χ1n) is 7.45. The standard InChI is InChI=1S/C16H17ClN2O4/c1-16(11-6-7-11)14(21)19(15(22)18-16)8-13(20)23-9-10-4-2-3-5-12(10)17/h2-5,11H,6-9H2,1H3,(H,18,22). The van der Waals surface area contributed by atoms with Gasteiger partial charge in [-0.2, -0.15) is 0 Å². The predicted octanol–water partition coefficient (Wildman–Crippen LogP) is 2.10. The van der Waals surface area contributed by atoms with E-state index in [1.807, 2.05) is 0 Å². The van der Waals surface area contributed by atoms with Gasteiger partial charge < -0.3 is 10.1 Å². The maximum atomic E-state index is 12.4. The fraction of sp³-hybridized carbons (Fsp3) is 0.438. The molecule has 0 radical (unpaired) electrons. The van der Waals surface area contributed by atoms with Crippen molar-refractivity contribution in [2.45, 2.75) is 31.9 Å². The molecule has 3 rings (SSSR count). The van der Waals surface area contributed by atoms with Crippen LogP contribution in [0, 0.1) is 5.92 Å². The molecule has 7 heteroatoms. The average molecular weight is 337 g/mol. The Bertz CT molecular complexity index is 674. The van der Waals surface area contributed by atoms with Crippen molar-refractivity contribution in [2.75, 3.05) is 6.54 Å². The molecule has 1 heterocycles. The van der Waals surface area contributed by atoms with E-state index in [1.165, 1.54) is 0 Å². The zero-order chi connectivity index (χ0) is 16.6. The summed E-state index contributed by atoms with van der Waals surface area (Å²) in [7, 11) is 0. The second-order valence-electron chi connectivity index (χ2n) is 6.05. The number of esters is 1. The van der Waals surface area contributed by atoms with Crippen LogP contribution in [0.25, 0.3) is 0 Å². The van der Waals surface area contributed by atoms with Crippen LogP contribution in [0.15, 0.2) is 24.3 Å². The Morgan fingerprint density at radius 1 is 1.39 bits per heavy atom. The quantitative estimate of drug-likeness (QED) is 0.660. The van der Waals surface area contributed by atoms with Gasteiger partial charge in [0.05, 0.1) is 0 Å². The highest BCUT2D eigenvalue weighted by Crippen LogP contribution is 2.42. The Balaban J connectivity index is 1.59. The Morgan fingerprint density at radius 2 is 2.09 bits per heavy atom. The van der Waals surface area contributed by atoms with Crippen LogP contribution in [-0.2, 0) is 20.9 Å². The maximum Gasteiger partial charge on any atom is 0.326 e. The van der Waals surface area contributed by atoms with Crippen LogP contribution in [0.5, 0.6) is 0 Å². The molecular weight excluding hydrogens is 320 g/mol. The molecule has 1 N–H and O–H groups in total. The molecule has 1 aliphatic heterocycles. The molecule has 122 valence electrons. The minimum absolute atomic E-state index is 0.00203. The van der Waals surface area contributed by atoms with Crippen molar-refractivity contribution in [3.8, 4) is 0 Å². The minimum atomic E-state index is -0.889. The van der Waals surface area contributed by atoms with Gasteiger partial charge in [-0.25, -0.2) is 4.79 Å². The Morgan fingerprint density at radius 3 is 2.74 bits per heavy atom. The van der Waals surface area contributed by atoms with Gasteiger partial charge in [0, 0.05) is 10.6 Å². The van der Waals surface area contributed by atoms with Crippen molar-refractivity contribution >= 4 is 29.5 Å². The highest BCUT2D eigenvalue weighted by Gasteiger charge is 2.56. The highest BCUT2D eigenvalue weighted by molar-refractivity contribution is 6.31. The smallest absolute Gasteiger partial charge is 0.326 e. The number of carbonyl (C=O) groups is 3. The average Bonchev–Trinajstić information content (AvgIpc) is 3.33.